The summed E-state index contributed by atoms with van der Waals surface area (Å²) >= 11 is 0. The molecule has 0 radical (unpaired) electrons. The molecule has 1 atom stereocenters. The van der Waals surface area contributed by atoms with Gasteiger partial charge in [0.25, 0.3) is 0 Å². The summed E-state index contributed by atoms with van der Waals surface area (Å²) < 4.78 is 5.72. The number of hydrogen-bond acceptors (Lipinski definition) is 3. The molecule has 0 saturated carbocycles. The van der Waals surface area contributed by atoms with Gasteiger partial charge in [-0.1, -0.05) is 90.0 Å². The highest BCUT2D eigenvalue weighted by molar-refractivity contribution is 5.64. The first kappa shape index (κ1) is 27.6. The van der Waals surface area contributed by atoms with Crippen LogP contribution in [-0.4, -0.2) is 9.97 Å². The molecule has 1 heterocycles. The molecule has 0 amide bonds. The maximum absolute atomic E-state index is 5.72. The maximum Gasteiger partial charge on any atom is 0.159 e. The zero-order valence-electron chi connectivity index (χ0n) is 22.6. The van der Waals surface area contributed by atoms with E-state index >= 15 is 0 Å². The lowest BCUT2D eigenvalue weighted by Crippen LogP contribution is -1.93. The van der Waals surface area contributed by atoms with Crippen molar-refractivity contribution in [2.24, 2.45) is 5.92 Å². The second-order valence-electron chi connectivity index (χ2n) is 9.97. The standard InChI is InChI=1S/C33H44N2O/c1-4-6-7-8-9-13-24-36-32-22-20-30(21-23-32)33-34-25-31(26-35-33)29-18-16-28(17-19-29)15-12-10-11-14-27(3)5-2/h13,16-27H,4-12,14-15H2,1-3H3. The van der Waals surface area contributed by atoms with Crippen LogP contribution in [0.1, 0.15) is 90.5 Å². The van der Waals surface area contributed by atoms with Crippen LogP contribution < -0.4 is 4.74 Å². The summed E-state index contributed by atoms with van der Waals surface area (Å²) in [5.41, 5.74) is 4.60. The topological polar surface area (TPSA) is 35.0 Å². The highest BCUT2D eigenvalue weighted by Crippen LogP contribution is 2.23. The van der Waals surface area contributed by atoms with Crippen LogP contribution in [0.4, 0.5) is 0 Å². The molecule has 3 heteroatoms. The van der Waals surface area contributed by atoms with Crippen molar-refractivity contribution in [2.75, 3.05) is 0 Å². The molecule has 0 spiro atoms. The Morgan fingerprint density at radius 1 is 0.750 bits per heavy atom. The number of ether oxygens (including phenoxy) is 1. The van der Waals surface area contributed by atoms with Crippen LogP contribution in [0.5, 0.6) is 5.75 Å². The van der Waals surface area contributed by atoms with E-state index in [2.05, 4.69) is 61.1 Å². The van der Waals surface area contributed by atoms with E-state index in [1.165, 1.54) is 63.4 Å². The van der Waals surface area contributed by atoms with Gasteiger partial charge in [-0.2, -0.15) is 0 Å². The highest BCUT2D eigenvalue weighted by atomic mass is 16.5. The largest absolute Gasteiger partial charge is 0.465 e. The summed E-state index contributed by atoms with van der Waals surface area (Å²) in [4.78, 5) is 9.23. The molecule has 1 unspecified atom stereocenters. The van der Waals surface area contributed by atoms with Gasteiger partial charge in [-0.05, 0) is 73.1 Å². The molecule has 1 aromatic heterocycles. The monoisotopic (exact) mass is 484 g/mol. The Kier molecular flexibility index (Phi) is 12.2. The lowest BCUT2D eigenvalue weighted by atomic mass is 9.98. The van der Waals surface area contributed by atoms with Crippen LogP contribution >= 0.6 is 0 Å². The Labute approximate surface area is 219 Å². The Balaban J connectivity index is 1.45. The average Bonchev–Trinajstić information content (AvgIpc) is 2.93. The van der Waals surface area contributed by atoms with Gasteiger partial charge < -0.3 is 4.74 Å². The molecular weight excluding hydrogens is 440 g/mol. The third kappa shape index (κ3) is 9.60. The van der Waals surface area contributed by atoms with Crippen molar-refractivity contribution in [3.8, 4) is 28.3 Å². The van der Waals surface area contributed by atoms with Crippen LogP contribution in [0.15, 0.2) is 73.3 Å². The molecule has 3 nitrogen and oxygen atoms in total. The lowest BCUT2D eigenvalue weighted by molar-refractivity contribution is 0.477. The Morgan fingerprint density at radius 2 is 1.44 bits per heavy atom. The summed E-state index contributed by atoms with van der Waals surface area (Å²) in [6, 6.07) is 16.8. The van der Waals surface area contributed by atoms with Crippen LogP contribution in [0.3, 0.4) is 0 Å². The fourth-order valence-electron chi connectivity index (χ4n) is 4.26. The summed E-state index contributed by atoms with van der Waals surface area (Å²) in [6.45, 7) is 6.88. The van der Waals surface area contributed by atoms with E-state index in [0.717, 1.165) is 47.0 Å². The SMILES string of the molecule is CCCCCCC=COc1ccc(-c2ncc(-c3ccc(CCCCCC(C)CC)cc3)cn2)cc1. The highest BCUT2D eigenvalue weighted by Gasteiger charge is 2.05. The Bertz CT molecular complexity index is 1010. The molecule has 0 aliphatic rings. The molecule has 192 valence electrons. The molecule has 0 aliphatic heterocycles. The van der Waals surface area contributed by atoms with E-state index in [1.807, 2.05) is 36.7 Å². The molecule has 3 rings (SSSR count). The summed E-state index contributed by atoms with van der Waals surface area (Å²) in [5.74, 6) is 2.42. The molecule has 0 bridgehead atoms. The molecule has 2 aromatic carbocycles. The zero-order chi connectivity index (χ0) is 25.4. The second kappa shape index (κ2) is 15.9. The maximum atomic E-state index is 5.72. The van der Waals surface area contributed by atoms with E-state index in [0.29, 0.717) is 0 Å². The molecule has 0 aliphatic carbocycles. The molecule has 0 N–H and O–H groups in total. The van der Waals surface area contributed by atoms with Crippen molar-refractivity contribution in [1.82, 2.24) is 9.97 Å². The van der Waals surface area contributed by atoms with E-state index in [4.69, 9.17) is 4.74 Å². The number of rotatable bonds is 16. The lowest BCUT2D eigenvalue weighted by Gasteiger charge is -2.08. The number of allylic oxidation sites excluding steroid dienone is 1. The molecule has 0 fully saturated rings. The van der Waals surface area contributed by atoms with Crippen molar-refractivity contribution in [2.45, 2.75) is 91.4 Å². The van der Waals surface area contributed by atoms with E-state index in [-0.39, 0.29) is 0 Å². The van der Waals surface area contributed by atoms with Gasteiger partial charge in [0, 0.05) is 23.5 Å². The first-order valence-corrected chi connectivity index (χ1v) is 14.0. The minimum absolute atomic E-state index is 0.728. The Morgan fingerprint density at radius 3 is 2.14 bits per heavy atom. The van der Waals surface area contributed by atoms with Gasteiger partial charge in [0.15, 0.2) is 5.82 Å². The van der Waals surface area contributed by atoms with Gasteiger partial charge in [0.05, 0.1) is 6.26 Å². The quantitative estimate of drug-likeness (QED) is 0.150. The van der Waals surface area contributed by atoms with Crippen LogP contribution in [0.25, 0.3) is 22.5 Å². The number of benzene rings is 2. The average molecular weight is 485 g/mol. The first-order valence-electron chi connectivity index (χ1n) is 14.0. The van der Waals surface area contributed by atoms with Crippen molar-refractivity contribution in [3.63, 3.8) is 0 Å². The number of unbranched alkanes of at least 4 members (excludes halogenated alkanes) is 6. The van der Waals surface area contributed by atoms with E-state index < -0.39 is 0 Å². The van der Waals surface area contributed by atoms with Crippen molar-refractivity contribution in [1.29, 1.82) is 0 Å². The molecular formula is C33H44N2O. The van der Waals surface area contributed by atoms with Gasteiger partial charge >= 0.3 is 0 Å². The van der Waals surface area contributed by atoms with Gasteiger partial charge in [-0.3, -0.25) is 0 Å². The van der Waals surface area contributed by atoms with E-state index in [1.54, 1.807) is 6.26 Å². The predicted molar refractivity (Wildman–Crippen MR) is 153 cm³/mol. The number of aromatic nitrogens is 2. The van der Waals surface area contributed by atoms with E-state index in [9.17, 15) is 0 Å². The minimum Gasteiger partial charge on any atom is -0.465 e. The fraction of sp³-hybridized carbons (Fsp3) is 0.455. The number of aryl methyl sites for hydroxylation is 1. The van der Waals surface area contributed by atoms with Crippen molar-refractivity contribution in [3.05, 3.63) is 78.8 Å². The zero-order valence-corrected chi connectivity index (χ0v) is 22.6. The molecule has 36 heavy (non-hydrogen) atoms. The summed E-state index contributed by atoms with van der Waals surface area (Å²) in [6.07, 6.45) is 21.7. The molecule has 3 aromatic rings. The third-order valence-electron chi connectivity index (χ3n) is 6.94. The third-order valence-corrected chi connectivity index (χ3v) is 6.94. The first-order chi connectivity index (χ1) is 17.7. The second-order valence-corrected chi connectivity index (χ2v) is 9.97. The smallest absolute Gasteiger partial charge is 0.159 e. The van der Waals surface area contributed by atoms with Crippen LogP contribution in [0.2, 0.25) is 0 Å². The number of nitrogens with zero attached hydrogens (tertiary/aromatic N) is 2. The van der Waals surface area contributed by atoms with Crippen molar-refractivity contribution < 1.29 is 4.74 Å². The van der Waals surface area contributed by atoms with Gasteiger partial charge in [-0.25, -0.2) is 9.97 Å². The number of hydrogen-bond donors (Lipinski definition) is 0. The fourth-order valence-corrected chi connectivity index (χ4v) is 4.26. The molecule has 0 saturated heterocycles. The predicted octanol–water partition coefficient (Wildman–Crippen LogP) is 9.82. The van der Waals surface area contributed by atoms with Crippen LogP contribution in [-0.2, 0) is 6.42 Å². The van der Waals surface area contributed by atoms with Gasteiger partial charge in [0.2, 0.25) is 0 Å². The van der Waals surface area contributed by atoms with Crippen molar-refractivity contribution >= 4 is 0 Å². The Hall–Kier alpha value is -2.94. The summed E-state index contributed by atoms with van der Waals surface area (Å²) in [7, 11) is 0. The minimum atomic E-state index is 0.728. The van der Waals surface area contributed by atoms with Crippen LogP contribution in [0, 0.1) is 5.92 Å². The van der Waals surface area contributed by atoms with Gasteiger partial charge in [0.1, 0.15) is 5.75 Å². The van der Waals surface area contributed by atoms with Gasteiger partial charge in [-0.15, -0.1) is 0 Å². The normalized spacial score (nSPS) is 12.2. The summed E-state index contributed by atoms with van der Waals surface area (Å²) in [5, 5.41) is 0.